The third kappa shape index (κ3) is 8.27. The number of nitrogens with zero attached hydrogens (tertiary/aromatic N) is 2. The van der Waals surface area contributed by atoms with Crippen molar-refractivity contribution in [3.05, 3.63) is 91.0 Å². The number of urea groups is 1. The zero-order valence-electron chi connectivity index (χ0n) is 34.8. The van der Waals surface area contributed by atoms with Crippen LogP contribution in [0.25, 0.3) is 22.3 Å². The van der Waals surface area contributed by atoms with E-state index in [0.717, 1.165) is 12.1 Å². The van der Waals surface area contributed by atoms with Crippen molar-refractivity contribution < 1.29 is 52.1 Å². The fourth-order valence-electron chi connectivity index (χ4n) is 8.77. The van der Waals surface area contributed by atoms with E-state index in [0.29, 0.717) is 57.4 Å². The van der Waals surface area contributed by atoms with E-state index in [1.54, 1.807) is 33.8 Å². The van der Waals surface area contributed by atoms with E-state index in [1.165, 1.54) is 10.6 Å². The Bertz CT molecular complexity index is 2630. The van der Waals surface area contributed by atoms with Gasteiger partial charge in [-0.3, -0.25) is 14.4 Å². The summed E-state index contributed by atoms with van der Waals surface area (Å²) in [5.41, 5.74) is 5.53. The Morgan fingerprint density at radius 3 is 2.38 bits per heavy atom. The molecule has 0 unspecified atom stereocenters. The molecule has 2 aromatic heterocycles. The maximum Gasteiger partial charge on any atom is 0.405 e. The number of nitrogens with one attached hydrogen (secondary N) is 5. The Balaban J connectivity index is 1.16. The molecule has 4 atom stereocenters. The molecule has 0 bridgehead atoms. The van der Waals surface area contributed by atoms with Crippen LogP contribution in [-0.4, -0.2) is 68.3 Å². The number of pyridine rings is 2. The van der Waals surface area contributed by atoms with Gasteiger partial charge in [0, 0.05) is 53.0 Å². The number of anilines is 1. The molecule has 0 saturated heterocycles. The maximum atomic E-state index is 15.9. The second kappa shape index (κ2) is 17.3. The summed E-state index contributed by atoms with van der Waals surface area (Å²) in [6.07, 6.45) is -0.677. The standard InChI is InChI=1S/C43H47F3N8O9/c1-5-43(62)25-13-32-36-23(16-54(32)39(57)24(25)17-63-40(43)58)34-29(9-8-21-19(4)26(44)14-31(51-36)33(21)34)49-15-22-27(45)11-20(12-28(22)46)50-37(55)30(7-6-10-48-41(47)59)52-38(56)35(18(2)3)53-42(60)61/h11-14,18,29-30,35,49,53,62H,5-10,15-17H2,1-4H3,(H,50,55)(H,52,56)(H,60,61)(H3,47,48,59)/t29-,30-,35-,43-/m0/s1. The smallest absolute Gasteiger partial charge is 0.405 e. The van der Waals surface area contributed by atoms with Crippen LogP contribution in [0.2, 0.25) is 0 Å². The van der Waals surface area contributed by atoms with E-state index < -0.39 is 82.6 Å². The second-order valence-corrected chi connectivity index (χ2v) is 16.4. The lowest BCUT2D eigenvalue weighted by Gasteiger charge is -2.31. The van der Waals surface area contributed by atoms with Gasteiger partial charge >= 0.3 is 18.1 Å². The normalized spacial score (nSPS) is 18.2. The molecule has 0 spiro atoms. The van der Waals surface area contributed by atoms with E-state index >= 15 is 13.2 Å². The molecule has 2 aliphatic heterocycles. The summed E-state index contributed by atoms with van der Waals surface area (Å²) in [7, 11) is 0. The number of carboxylic acid groups (broad SMARTS) is 1. The lowest BCUT2D eigenvalue weighted by Crippen LogP contribution is -2.54. The van der Waals surface area contributed by atoms with E-state index in [4.69, 9.17) is 15.5 Å². The number of ether oxygens (including phenoxy) is 1. The van der Waals surface area contributed by atoms with Crippen molar-refractivity contribution in [2.24, 2.45) is 11.7 Å². The van der Waals surface area contributed by atoms with Crippen LogP contribution in [0.15, 0.2) is 29.1 Å². The van der Waals surface area contributed by atoms with E-state index in [2.05, 4.69) is 26.6 Å². The first-order valence-electron chi connectivity index (χ1n) is 20.5. The number of cyclic esters (lactones) is 1. The highest BCUT2D eigenvalue weighted by atomic mass is 19.1. The average molecular weight is 877 g/mol. The van der Waals surface area contributed by atoms with Crippen molar-refractivity contribution >= 4 is 46.5 Å². The number of primary amides is 1. The zero-order chi connectivity index (χ0) is 45.7. The van der Waals surface area contributed by atoms with Crippen LogP contribution in [0.3, 0.4) is 0 Å². The molecule has 2 aromatic carbocycles. The Morgan fingerprint density at radius 2 is 1.73 bits per heavy atom. The Hall–Kier alpha value is -6.54. The third-order valence-electron chi connectivity index (χ3n) is 12.1. The lowest BCUT2D eigenvalue weighted by atomic mass is 9.81. The average Bonchev–Trinajstić information content (AvgIpc) is 3.59. The van der Waals surface area contributed by atoms with Crippen molar-refractivity contribution in [1.29, 1.82) is 0 Å². The maximum absolute atomic E-state index is 15.9. The van der Waals surface area contributed by atoms with Gasteiger partial charge in [-0.1, -0.05) is 20.8 Å². The van der Waals surface area contributed by atoms with Gasteiger partial charge in [-0.2, -0.15) is 0 Å². The molecule has 17 nitrogen and oxygen atoms in total. The molecule has 1 aliphatic carbocycles. The minimum absolute atomic E-state index is 0.0338. The monoisotopic (exact) mass is 876 g/mol. The fraction of sp³-hybridized carbons (Fsp3) is 0.419. The molecule has 4 heterocycles. The number of amides is 5. The summed E-state index contributed by atoms with van der Waals surface area (Å²) < 4.78 is 53.8. The Morgan fingerprint density at radius 1 is 1.02 bits per heavy atom. The highest BCUT2D eigenvalue weighted by molar-refractivity contribution is 5.98. The third-order valence-corrected chi connectivity index (χ3v) is 12.1. The molecule has 0 radical (unpaired) electrons. The van der Waals surface area contributed by atoms with Crippen LogP contribution in [0, 0.1) is 30.3 Å². The van der Waals surface area contributed by atoms with E-state index in [1.807, 2.05) is 0 Å². The number of hydrogen-bond acceptors (Lipinski definition) is 10. The summed E-state index contributed by atoms with van der Waals surface area (Å²) in [5.74, 6) is -5.59. The molecule has 3 aliphatic rings. The van der Waals surface area contributed by atoms with Crippen LogP contribution in [0.1, 0.15) is 91.4 Å². The van der Waals surface area contributed by atoms with Crippen molar-refractivity contribution in [3.63, 3.8) is 0 Å². The number of aryl methyl sites for hydroxylation is 1. The van der Waals surface area contributed by atoms with Crippen LogP contribution < -0.4 is 37.9 Å². The number of benzene rings is 2. The van der Waals surface area contributed by atoms with Gasteiger partial charge < -0.3 is 51.8 Å². The van der Waals surface area contributed by atoms with Crippen LogP contribution >= 0.6 is 0 Å². The van der Waals surface area contributed by atoms with Gasteiger partial charge in [0.2, 0.25) is 11.8 Å². The van der Waals surface area contributed by atoms with Crippen LogP contribution in [0.5, 0.6) is 0 Å². The van der Waals surface area contributed by atoms with Crippen molar-refractivity contribution in [2.45, 2.75) is 103 Å². The summed E-state index contributed by atoms with van der Waals surface area (Å²) >= 11 is 0. The first-order chi connectivity index (χ1) is 29.8. The quantitative estimate of drug-likeness (QED) is 0.0589. The van der Waals surface area contributed by atoms with Gasteiger partial charge in [0.15, 0.2) is 5.60 Å². The summed E-state index contributed by atoms with van der Waals surface area (Å²) in [6, 6.07) is 0.740. The number of hydrogen-bond donors (Lipinski definition) is 8. The Labute approximate surface area is 358 Å². The van der Waals surface area contributed by atoms with E-state index in [-0.39, 0.29) is 67.9 Å². The summed E-state index contributed by atoms with van der Waals surface area (Å²) in [4.78, 5) is 80.6. The van der Waals surface area contributed by atoms with Crippen LogP contribution in [-0.2, 0) is 50.8 Å². The molecule has 0 saturated carbocycles. The van der Waals surface area contributed by atoms with Gasteiger partial charge in [-0.25, -0.2) is 32.5 Å². The predicted molar refractivity (Wildman–Crippen MR) is 221 cm³/mol. The Kier molecular flexibility index (Phi) is 12.2. The molecule has 334 valence electrons. The lowest BCUT2D eigenvalue weighted by molar-refractivity contribution is -0.172. The number of nitrogens with two attached hydrogens (primary N) is 1. The highest BCUT2D eigenvalue weighted by Gasteiger charge is 2.46. The number of halogens is 3. The zero-order valence-corrected chi connectivity index (χ0v) is 34.8. The number of fused-ring (bicyclic) bond motifs is 5. The van der Waals surface area contributed by atoms with Gasteiger partial charge in [0.05, 0.1) is 29.0 Å². The molecule has 63 heavy (non-hydrogen) atoms. The number of aliphatic hydroxyl groups is 1. The molecular weight excluding hydrogens is 830 g/mol. The molecule has 20 heteroatoms. The highest BCUT2D eigenvalue weighted by Crippen LogP contribution is 2.46. The molecule has 5 amide bonds. The SMILES string of the molecule is CC[C@@]1(O)C(=O)OCc2c1cc1n(c2=O)Cc2c-1nc1cc(F)c(C)c3c1c2[C@@H](NCc1c(F)cc(NC(=O)[C@H](CCCNC(N)=O)NC(=O)[C@@H](NC(=O)O)C(C)C)cc1F)CC3. The van der Waals surface area contributed by atoms with Gasteiger partial charge in [-0.05, 0) is 79.8 Å². The first-order valence-corrected chi connectivity index (χ1v) is 20.5. The van der Waals surface area contributed by atoms with Crippen LogP contribution in [0.4, 0.5) is 28.4 Å². The van der Waals surface area contributed by atoms with Crippen molar-refractivity contribution in [1.82, 2.24) is 30.8 Å². The summed E-state index contributed by atoms with van der Waals surface area (Å²) in [6.45, 7) is 5.84. The molecule has 0 fully saturated rings. The topological polar surface area (TPSA) is 256 Å². The minimum Gasteiger partial charge on any atom is -0.465 e. The van der Waals surface area contributed by atoms with Gasteiger partial charge in [0.1, 0.15) is 36.1 Å². The van der Waals surface area contributed by atoms with Crippen molar-refractivity contribution in [2.75, 3.05) is 11.9 Å². The largest absolute Gasteiger partial charge is 0.465 e. The first kappa shape index (κ1) is 44.5. The second-order valence-electron chi connectivity index (χ2n) is 16.4. The number of esters is 1. The molecular formula is C43H47F3N8O9. The van der Waals surface area contributed by atoms with E-state index in [9.17, 15) is 39.0 Å². The molecule has 7 rings (SSSR count). The summed E-state index contributed by atoms with van der Waals surface area (Å²) in [5, 5.41) is 33.9. The molecule has 9 N–H and O–H groups in total. The number of rotatable bonds is 14. The predicted octanol–water partition coefficient (Wildman–Crippen LogP) is 3.75. The number of aromatic nitrogens is 2. The number of carbonyl (C=O) groups is 5. The van der Waals surface area contributed by atoms with Gasteiger partial charge in [-0.15, -0.1) is 0 Å². The van der Waals surface area contributed by atoms with Crippen molar-refractivity contribution in [3.8, 4) is 11.4 Å². The van der Waals surface area contributed by atoms with Gasteiger partial charge in [0.25, 0.3) is 5.56 Å². The molecule has 4 aromatic rings. The minimum atomic E-state index is -2.07. The fourth-order valence-corrected chi connectivity index (χ4v) is 8.77. The number of carbonyl (C=O) groups excluding carboxylic acids is 4.